The number of nitrogens with zero attached hydrogens (tertiary/aromatic N) is 2. The smallest absolute Gasteiger partial charge is 0.331 e. The highest BCUT2D eigenvalue weighted by Gasteiger charge is 2.36. The van der Waals surface area contributed by atoms with E-state index in [1.165, 1.54) is 7.11 Å². The average molecular weight is 401 g/mol. The number of carbonyl (C=O) groups is 1. The van der Waals surface area contributed by atoms with Gasteiger partial charge in [0.2, 0.25) is 0 Å². The number of sulfonamides is 1. The van der Waals surface area contributed by atoms with Crippen LogP contribution in [0.5, 0.6) is 0 Å². The summed E-state index contributed by atoms with van der Waals surface area (Å²) < 4.78 is 31.4. The number of rotatable bonds is 6. The van der Waals surface area contributed by atoms with Gasteiger partial charge in [0.15, 0.2) is 6.04 Å². The van der Waals surface area contributed by atoms with E-state index in [-0.39, 0.29) is 5.75 Å². The molecule has 0 bridgehead atoms. The van der Waals surface area contributed by atoms with Crippen molar-refractivity contribution in [3.05, 3.63) is 60.2 Å². The predicted octanol–water partition coefficient (Wildman–Crippen LogP) is 3.24. The maximum atomic E-state index is 12.8. The zero-order valence-corrected chi connectivity index (χ0v) is 16.9. The second-order valence-corrected chi connectivity index (χ2v) is 8.76. The zero-order valence-electron chi connectivity index (χ0n) is 16.0. The Bertz CT molecular complexity index is 954. The Kier molecular flexibility index (Phi) is 6.14. The number of benzene rings is 2. The van der Waals surface area contributed by atoms with Gasteiger partial charge in [-0.15, -0.1) is 0 Å². The molecular formula is C21H24N2O4S. The molecule has 148 valence electrons. The van der Waals surface area contributed by atoms with Gasteiger partial charge < -0.3 is 4.74 Å². The molecule has 2 aromatic rings. The molecule has 6 nitrogen and oxygen atoms in total. The summed E-state index contributed by atoms with van der Waals surface area (Å²) in [6.45, 7) is 1.76. The number of aryl methyl sites for hydroxylation is 1. The molecule has 0 fully saturated rings. The summed E-state index contributed by atoms with van der Waals surface area (Å²) in [4.78, 5) is 12.0. The van der Waals surface area contributed by atoms with Crippen LogP contribution in [0.3, 0.4) is 0 Å². The van der Waals surface area contributed by atoms with Crippen molar-refractivity contribution in [3.8, 4) is 11.1 Å². The minimum absolute atomic E-state index is 0.123. The van der Waals surface area contributed by atoms with Crippen molar-refractivity contribution >= 4 is 21.7 Å². The summed E-state index contributed by atoms with van der Waals surface area (Å²) in [7, 11) is -2.48. The van der Waals surface area contributed by atoms with Gasteiger partial charge in [-0.05, 0) is 42.9 Å². The Balaban J connectivity index is 1.72. The summed E-state index contributed by atoms with van der Waals surface area (Å²) >= 11 is 0. The SMILES string of the molecule is COC(=O)C1CCC(C)=NN1S(=O)(=O)CCc1ccc(-c2ccccc2)cc1. The van der Waals surface area contributed by atoms with Crippen LogP contribution in [-0.2, 0) is 26.0 Å². The summed E-state index contributed by atoms with van der Waals surface area (Å²) in [6.07, 6.45) is 1.30. The van der Waals surface area contributed by atoms with Crippen molar-refractivity contribution in [1.82, 2.24) is 4.41 Å². The first-order valence-electron chi connectivity index (χ1n) is 9.19. The van der Waals surface area contributed by atoms with Gasteiger partial charge in [-0.1, -0.05) is 54.6 Å². The molecule has 2 aromatic carbocycles. The lowest BCUT2D eigenvalue weighted by atomic mass is 10.0. The van der Waals surface area contributed by atoms with Crippen LogP contribution in [0.4, 0.5) is 0 Å². The van der Waals surface area contributed by atoms with E-state index in [9.17, 15) is 13.2 Å². The van der Waals surface area contributed by atoms with Crippen LogP contribution in [0.25, 0.3) is 11.1 Å². The Morgan fingerprint density at radius 1 is 1.11 bits per heavy atom. The van der Waals surface area contributed by atoms with Crippen LogP contribution in [0.2, 0.25) is 0 Å². The van der Waals surface area contributed by atoms with Crippen molar-refractivity contribution in [2.45, 2.75) is 32.2 Å². The summed E-state index contributed by atoms with van der Waals surface area (Å²) in [5.74, 6) is -0.700. The third-order valence-electron chi connectivity index (χ3n) is 4.78. The number of esters is 1. The highest BCUT2D eigenvalue weighted by atomic mass is 32.2. The first-order valence-corrected chi connectivity index (χ1v) is 10.8. The van der Waals surface area contributed by atoms with E-state index in [0.29, 0.717) is 25.0 Å². The van der Waals surface area contributed by atoms with Crippen molar-refractivity contribution in [2.24, 2.45) is 5.10 Å². The second kappa shape index (κ2) is 8.56. The van der Waals surface area contributed by atoms with Gasteiger partial charge in [0.25, 0.3) is 10.0 Å². The molecule has 1 aliphatic heterocycles. The van der Waals surface area contributed by atoms with E-state index in [1.54, 1.807) is 6.92 Å². The number of hydrazone groups is 1. The number of ether oxygens (including phenoxy) is 1. The van der Waals surface area contributed by atoms with Crippen LogP contribution in [0, 0.1) is 0 Å². The summed E-state index contributed by atoms with van der Waals surface area (Å²) in [6, 6.07) is 16.9. The molecule has 0 radical (unpaired) electrons. The van der Waals surface area contributed by atoms with Crippen molar-refractivity contribution in [1.29, 1.82) is 0 Å². The van der Waals surface area contributed by atoms with Crippen LogP contribution in [0.1, 0.15) is 25.3 Å². The molecule has 0 spiro atoms. The highest BCUT2D eigenvalue weighted by molar-refractivity contribution is 7.89. The molecule has 28 heavy (non-hydrogen) atoms. The molecule has 1 heterocycles. The third-order valence-corrected chi connectivity index (χ3v) is 6.41. The molecule has 0 saturated heterocycles. The topological polar surface area (TPSA) is 76.0 Å². The maximum absolute atomic E-state index is 12.8. The minimum Gasteiger partial charge on any atom is -0.467 e. The fraction of sp³-hybridized carbons (Fsp3) is 0.333. The average Bonchev–Trinajstić information content (AvgIpc) is 2.73. The monoisotopic (exact) mass is 400 g/mol. The minimum atomic E-state index is -3.74. The molecule has 1 unspecified atom stereocenters. The molecule has 7 heteroatoms. The van der Waals surface area contributed by atoms with Gasteiger partial charge in [-0.3, -0.25) is 0 Å². The lowest BCUT2D eigenvalue weighted by molar-refractivity contribution is -0.145. The number of hydrogen-bond donors (Lipinski definition) is 0. The number of methoxy groups -OCH3 is 1. The fourth-order valence-electron chi connectivity index (χ4n) is 3.18. The van der Waals surface area contributed by atoms with Crippen LogP contribution in [0.15, 0.2) is 59.7 Å². The van der Waals surface area contributed by atoms with E-state index < -0.39 is 22.0 Å². The van der Waals surface area contributed by atoms with Gasteiger partial charge in [-0.2, -0.15) is 9.52 Å². The molecular weight excluding hydrogens is 376 g/mol. The second-order valence-electron chi connectivity index (χ2n) is 6.81. The predicted molar refractivity (Wildman–Crippen MR) is 109 cm³/mol. The van der Waals surface area contributed by atoms with Crippen molar-refractivity contribution in [3.63, 3.8) is 0 Å². The van der Waals surface area contributed by atoms with Gasteiger partial charge >= 0.3 is 5.97 Å². The van der Waals surface area contributed by atoms with E-state index in [2.05, 4.69) is 5.10 Å². The number of hydrogen-bond acceptors (Lipinski definition) is 5. The lowest BCUT2D eigenvalue weighted by Crippen LogP contribution is -2.46. The fourth-order valence-corrected chi connectivity index (χ4v) is 4.70. The van der Waals surface area contributed by atoms with Crippen molar-refractivity contribution in [2.75, 3.05) is 12.9 Å². The van der Waals surface area contributed by atoms with Crippen LogP contribution in [-0.4, -0.2) is 43.4 Å². The molecule has 0 saturated carbocycles. The Hall–Kier alpha value is -2.67. The largest absolute Gasteiger partial charge is 0.467 e. The quantitative estimate of drug-likeness (QED) is 0.698. The molecule has 1 aliphatic rings. The molecule has 3 rings (SSSR count). The van der Waals surface area contributed by atoms with E-state index in [4.69, 9.17) is 4.74 Å². The Morgan fingerprint density at radius 3 is 2.39 bits per heavy atom. The molecule has 0 aromatic heterocycles. The molecule has 1 atom stereocenters. The third kappa shape index (κ3) is 4.59. The van der Waals surface area contributed by atoms with Crippen LogP contribution < -0.4 is 0 Å². The van der Waals surface area contributed by atoms with E-state index in [1.807, 2.05) is 54.6 Å². The molecule has 0 N–H and O–H groups in total. The Morgan fingerprint density at radius 2 is 1.75 bits per heavy atom. The Labute approximate surface area is 165 Å². The van der Waals surface area contributed by atoms with Crippen LogP contribution >= 0.6 is 0 Å². The van der Waals surface area contributed by atoms with Gasteiger partial charge in [-0.25, -0.2) is 13.2 Å². The van der Waals surface area contributed by atoms with E-state index >= 15 is 0 Å². The maximum Gasteiger partial charge on any atom is 0.331 e. The molecule has 0 aliphatic carbocycles. The van der Waals surface area contributed by atoms with Gasteiger partial charge in [0.1, 0.15) is 0 Å². The van der Waals surface area contributed by atoms with Gasteiger partial charge in [0.05, 0.1) is 12.9 Å². The van der Waals surface area contributed by atoms with Crippen molar-refractivity contribution < 1.29 is 17.9 Å². The molecule has 0 amide bonds. The summed E-state index contributed by atoms with van der Waals surface area (Å²) in [5.41, 5.74) is 3.79. The zero-order chi connectivity index (χ0) is 20.1. The standard InChI is InChI=1S/C21H24N2O4S/c1-16-8-13-20(21(24)27-2)23(22-16)28(25,26)15-14-17-9-11-19(12-10-17)18-6-4-3-5-7-18/h3-7,9-12,20H,8,13-15H2,1-2H3. The highest BCUT2D eigenvalue weighted by Crippen LogP contribution is 2.23. The normalized spacial score (nSPS) is 17.1. The summed E-state index contributed by atoms with van der Waals surface area (Å²) in [5, 5.41) is 4.13. The first kappa shape index (κ1) is 20.1. The number of carbonyl (C=O) groups excluding carboxylic acids is 1. The first-order chi connectivity index (χ1) is 13.4. The van der Waals surface area contributed by atoms with Gasteiger partial charge in [0, 0.05) is 5.71 Å². The lowest BCUT2D eigenvalue weighted by Gasteiger charge is -2.30. The van der Waals surface area contributed by atoms with E-state index in [0.717, 1.165) is 21.1 Å².